The summed E-state index contributed by atoms with van der Waals surface area (Å²) in [5.41, 5.74) is 0.776. The van der Waals surface area contributed by atoms with Crippen molar-refractivity contribution >= 4 is 17.4 Å². The lowest BCUT2D eigenvalue weighted by atomic mass is 10.0. The van der Waals surface area contributed by atoms with Crippen LogP contribution in [0.15, 0.2) is 24.3 Å². The Morgan fingerprint density at radius 1 is 1.24 bits per heavy atom. The molecule has 4 nitrogen and oxygen atoms in total. The molecule has 0 aromatic heterocycles. The molecule has 5 heteroatoms. The zero-order chi connectivity index (χ0) is 16.0. The van der Waals surface area contributed by atoms with Gasteiger partial charge in [0.2, 0.25) is 5.91 Å². The van der Waals surface area contributed by atoms with Crippen LogP contribution in [0.2, 0.25) is 0 Å². The van der Waals surface area contributed by atoms with Gasteiger partial charge in [-0.05, 0) is 44.0 Å². The highest BCUT2D eigenvalue weighted by Crippen LogP contribution is 2.14. The number of hydrogen-bond acceptors (Lipinski definition) is 3. The maximum Gasteiger partial charge on any atom is 0.240 e. The van der Waals surface area contributed by atoms with Crippen LogP contribution in [0.3, 0.4) is 0 Å². The molecule has 0 fully saturated rings. The summed E-state index contributed by atoms with van der Waals surface area (Å²) >= 11 is 0. The quantitative estimate of drug-likeness (QED) is 0.840. The SMILES string of the molecule is CCN(CC(=O)NC(C(C)=O)C(C)C)c1ccc(F)cc1. The van der Waals surface area contributed by atoms with Crippen molar-refractivity contribution in [2.75, 3.05) is 18.0 Å². The Bertz CT molecular complexity index is 486. The molecular formula is C16H23FN2O2. The third-order valence-corrected chi connectivity index (χ3v) is 3.33. The standard InChI is InChI=1S/C16H23FN2O2/c1-5-19(14-8-6-13(17)7-9-14)10-15(21)18-16(11(2)3)12(4)20/h6-9,11,16H,5,10H2,1-4H3,(H,18,21). The molecule has 0 aliphatic heterocycles. The number of carbonyl (C=O) groups is 2. The van der Waals surface area contributed by atoms with Gasteiger partial charge >= 0.3 is 0 Å². The number of carbonyl (C=O) groups excluding carboxylic acids is 2. The number of amides is 1. The lowest BCUT2D eigenvalue weighted by Crippen LogP contribution is -2.47. The zero-order valence-electron chi connectivity index (χ0n) is 13.0. The minimum absolute atomic E-state index is 0.0485. The monoisotopic (exact) mass is 294 g/mol. The number of benzene rings is 1. The maximum absolute atomic E-state index is 12.9. The minimum Gasteiger partial charge on any atom is -0.362 e. The number of anilines is 1. The van der Waals surface area contributed by atoms with Gasteiger partial charge in [0.15, 0.2) is 5.78 Å². The van der Waals surface area contributed by atoms with Crippen LogP contribution in [-0.4, -0.2) is 30.8 Å². The fourth-order valence-electron chi connectivity index (χ4n) is 2.17. The number of nitrogens with one attached hydrogen (secondary N) is 1. The van der Waals surface area contributed by atoms with Gasteiger partial charge in [0, 0.05) is 12.2 Å². The highest BCUT2D eigenvalue weighted by atomic mass is 19.1. The van der Waals surface area contributed by atoms with E-state index in [0.717, 1.165) is 5.69 Å². The van der Waals surface area contributed by atoms with Crippen molar-refractivity contribution in [1.29, 1.82) is 0 Å². The molecule has 0 aliphatic carbocycles. The van der Waals surface area contributed by atoms with E-state index in [9.17, 15) is 14.0 Å². The fraction of sp³-hybridized carbons (Fsp3) is 0.500. The largest absolute Gasteiger partial charge is 0.362 e. The molecule has 1 N–H and O–H groups in total. The summed E-state index contributed by atoms with van der Waals surface area (Å²) in [6.45, 7) is 7.93. The van der Waals surface area contributed by atoms with Crippen LogP contribution in [0.1, 0.15) is 27.7 Å². The first-order chi connectivity index (χ1) is 9.85. The van der Waals surface area contributed by atoms with Crippen LogP contribution in [-0.2, 0) is 9.59 Å². The molecule has 0 bridgehead atoms. The van der Waals surface area contributed by atoms with Gasteiger partial charge in [0.05, 0.1) is 12.6 Å². The van der Waals surface area contributed by atoms with Gasteiger partial charge < -0.3 is 10.2 Å². The molecular weight excluding hydrogens is 271 g/mol. The summed E-state index contributed by atoms with van der Waals surface area (Å²) in [4.78, 5) is 25.4. The Labute approximate surface area is 125 Å². The molecule has 0 heterocycles. The van der Waals surface area contributed by atoms with E-state index >= 15 is 0 Å². The number of hydrogen-bond donors (Lipinski definition) is 1. The third kappa shape index (κ3) is 5.17. The molecule has 21 heavy (non-hydrogen) atoms. The number of nitrogens with zero attached hydrogens (tertiary/aromatic N) is 1. The van der Waals surface area contributed by atoms with E-state index < -0.39 is 6.04 Å². The van der Waals surface area contributed by atoms with Crippen LogP contribution < -0.4 is 10.2 Å². The topological polar surface area (TPSA) is 49.4 Å². The fourth-order valence-corrected chi connectivity index (χ4v) is 2.17. The summed E-state index contributed by atoms with van der Waals surface area (Å²) in [5.74, 6) is -0.527. The van der Waals surface area contributed by atoms with Crippen LogP contribution in [0.5, 0.6) is 0 Å². The molecule has 116 valence electrons. The first-order valence-electron chi connectivity index (χ1n) is 7.15. The number of likely N-dealkylation sites (N-methyl/N-ethyl adjacent to an activating group) is 1. The van der Waals surface area contributed by atoms with Gasteiger partial charge in [-0.1, -0.05) is 13.8 Å². The van der Waals surface area contributed by atoms with E-state index in [1.165, 1.54) is 19.1 Å². The number of ketones is 1. The third-order valence-electron chi connectivity index (χ3n) is 3.33. The van der Waals surface area contributed by atoms with Gasteiger partial charge in [-0.15, -0.1) is 0 Å². The summed E-state index contributed by atoms with van der Waals surface area (Å²) in [6, 6.07) is 5.53. The van der Waals surface area contributed by atoms with E-state index in [4.69, 9.17) is 0 Å². The van der Waals surface area contributed by atoms with Gasteiger partial charge in [-0.25, -0.2) is 4.39 Å². The van der Waals surface area contributed by atoms with Crippen molar-refractivity contribution < 1.29 is 14.0 Å². The van der Waals surface area contributed by atoms with Crippen molar-refractivity contribution in [3.05, 3.63) is 30.1 Å². The van der Waals surface area contributed by atoms with Crippen molar-refractivity contribution in [3.8, 4) is 0 Å². The van der Waals surface area contributed by atoms with E-state index in [-0.39, 0.29) is 30.0 Å². The Balaban J connectivity index is 2.70. The Morgan fingerprint density at radius 3 is 2.24 bits per heavy atom. The minimum atomic E-state index is -0.468. The van der Waals surface area contributed by atoms with Crippen LogP contribution in [0.25, 0.3) is 0 Å². The molecule has 1 rings (SSSR count). The second-order valence-electron chi connectivity index (χ2n) is 5.39. The molecule has 1 atom stereocenters. The molecule has 0 spiro atoms. The smallest absolute Gasteiger partial charge is 0.240 e. The normalized spacial score (nSPS) is 12.1. The number of rotatable bonds is 7. The van der Waals surface area contributed by atoms with Crippen LogP contribution in [0, 0.1) is 11.7 Å². The van der Waals surface area contributed by atoms with Gasteiger partial charge in [-0.3, -0.25) is 9.59 Å². The maximum atomic E-state index is 12.9. The molecule has 0 saturated carbocycles. The molecule has 0 saturated heterocycles. The first-order valence-corrected chi connectivity index (χ1v) is 7.15. The van der Waals surface area contributed by atoms with E-state index in [2.05, 4.69) is 5.32 Å². The highest BCUT2D eigenvalue weighted by molar-refractivity contribution is 5.89. The lowest BCUT2D eigenvalue weighted by molar-refractivity contribution is -0.127. The van der Waals surface area contributed by atoms with Gasteiger partial charge in [0.25, 0.3) is 0 Å². The second-order valence-corrected chi connectivity index (χ2v) is 5.39. The zero-order valence-corrected chi connectivity index (χ0v) is 13.0. The van der Waals surface area contributed by atoms with Crippen molar-refractivity contribution in [1.82, 2.24) is 5.32 Å². The summed E-state index contributed by atoms with van der Waals surface area (Å²) in [5, 5.41) is 2.76. The number of Topliss-reactive ketones (excluding diaryl/α,β-unsaturated/α-hetero) is 1. The summed E-state index contributed by atoms with van der Waals surface area (Å²) in [6.07, 6.45) is 0. The van der Waals surface area contributed by atoms with E-state index in [1.54, 1.807) is 12.1 Å². The summed E-state index contributed by atoms with van der Waals surface area (Å²) in [7, 11) is 0. The van der Waals surface area contributed by atoms with Crippen LogP contribution in [0.4, 0.5) is 10.1 Å². The van der Waals surface area contributed by atoms with Gasteiger partial charge in [-0.2, -0.15) is 0 Å². The second kappa shape index (κ2) is 7.76. The van der Waals surface area contributed by atoms with Crippen molar-refractivity contribution in [3.63, 3.8) is 0 Å². The average Bonchev–Trinajstić information content (AvgIpc) is 2.42. The predicted octanol–water partition coefficient (Wildman–Crippen LogP) is 2.38. The van der Waals surface area contributed by atoms with Crippen molar-refractivity contribution in [2.24, 2.45) is 5.92 Å². The Hall–Kier alpha value is -1.91. The number of halogens is 1. The van der Waals surface area contributed by atoms with E-state index in [0.29, 0.717) is 6.54 Å². The van der Waals surface area contributed by atoms with E-state index in [1.807, 2.05) is 25.7 Å². The molecule has 1 aromatic carbocycles. The highest BCUT2D eigenvalue weighted by Gasteiger charge is 2.21. The Morgan fingerprint density at radius 2 is 1.81 bits per heavy atom. The average molecular weight is 294 g/mol. The van der Waals surface area contributed by atoms with Crippen LogP contribution >= 0.6 is 0 Å². The lowest BCUT2D eigenvalue weighted by Gasteiger charge is -2.25. The summed E-state index contributed by atoms with van der Waals surface area (Å²) < 4.78 is 12.9. The molecule has 1 aromatic rings. The molecule has 1 amide bonds. The molecule has 1 unspecified atom stereocenters. The molecule has 0 aliphatic rings. The first kappa shape index (κ1) is 17.1. The predicted molar refractivity (Wildman–Crippen MR) is 81.7 cm³/mol. The van der Waals surface area contributed by atoms with Crippen molar-refractivity contribution in [2.45, 2.75) is 33.7 Å². The molecule has 0 radical (unpaired) electrons. The van der Waals surface area contributed by atoms with Gasteiger partial charge in [0.1, 0.15) is 5.82 Å². The Kier molecular flexibility index (Phi) is 6.34.